The molecule has 1 atom stereocenters. The highest BCUT2D eigenvalue weighted by Gasteiger charge is 2.24. The van der Waals surface area contributed by atoms with Crippen molar-refractivity contribution in [2.75, 3.05) is 32.8 Å². The number of nitrogens with zero attached hydrogens (tertiary/aromatic N) is 1. The lowest BCUT2D eigenvalue weighted by Gasteiger charge is -2.30. The van der Waals surface area contributed by atoms with E-state index in [1.165, 1.54) is 25.9 Å². The van der Waals surface area contributed by atoms with E-state index in [0.29, 0.717) is 23.9 Å². The number of urea groups is 1. The average molecular weight is 366 g/mol. The number of fused-ring (bicyclic) bond motifs is 1. The quantitative estimate of drug-likeness (QED) is 0.784. The molecule has 6 heteroatoms. The van der Waals surface area contributed by atoms with Gasteiger partial charge in [0, 0.05) is 18.5 Å². The van der Waals surface area contributed by atoms with Gasteiger partial charge in [-0.15, -0.1) is 0 Å². The molecule has 1 saturated heterocycles. The fourth-order valence-corrected chi connectivity index (χ4v) is 3.77. The molecule has 0 spiro atoms. The zero-order valence-electron chi connectivity index (χ0n) is 14.9. The van der Waals surface area contributed by atoms with E-state index in [9.17, 15) is 4.79 Å². The number of para-hydroxylation sites is 1. The lowest BCUT2D eigenvalue weighted by Crippen LogP contribution is -2.41. The van der Waals surface area contributed by atoms with Crippen LogP contribution in [0.4, 0.5) is 4.79 Å². The summed E-state index contributed by atoms with van der Waals surface area (Å²) in [6.07, 6.45) is 4.32. The number of amides is 2. The summed E-state index contributed by atoms with van der Waals surface area (Å²) in [5, 5.41) is 6.61. The number of likely N-dealkylation sites (tertiary alicyclic amines) is 1. The second-order valence-electron chi connectivity index (χ2n) is 7.13. The zero-order valence-corrected chi connectivity index (χ0v) is 15.6. The number of carbonyl (C=O) groups excluding carboxylic acids is 1. The van der Waals surface area contributed by atoms with E-state index in [0.717, 1.165) is 30.9 Å². The van der Waals surface area contributed by atoms with Crippen molar-refractivity contribution in [2.24, 2.45) is 5.92 Å². The normalized spacial score (nSPS) is 21.3. The van der Waals surface area contributed by atoms with Crippen LogP contribution in [0.15, 0.2) is 18.2 Å². The molecule has 2 N–H and O–H groups in total. The largest absolute Gasteiger partial charge is 0.492 e. The Morgan fingerprint density at radius 1 is 1.32 bits per heavy atom. The first kappa shape index (κ1) is 18.3. The third kappa shape index (κ3) is 5.02. The zero-order chi connectivity index (χ0) is 17.6. The Morgan fingerprint density at radius 3 is 2.92 bits per heavy atom. The van der Waals surface area contributed by atoms with Crippen LogP contribution in [-0.4, -0.2) is 43.7 Å². The number of ether oxygens (including phenoxy) is 1. The molecular weight excluding hydrogens is 338 g/mol. The maximum atomic E-state index is 12.2. The van der Waals surface area contributed by atoms with Crippen molar-refractivity contribution < 1.29 is 9.53 Å². The Hall–Kier alpha value is -1.46. The molecule has 2 amide bonds. The molecule has 25 heavy (non-hydrogen) atoms. The molecule has 1 aromatic carbocycles. The van der Waals surface area contributed by atoms with Gasteiger partial charge in [-0.25, -0.2) is 4.79 Å². The van der Waals surface area contributed by atoms with Crippen LogP contribution in [-0.2, 0) is 0 Å². The van der Waals surface area contributed by atoms with E-state index in [-0.39, 0.29) is 12.1 Å². The van der Waals surface area contributed by atoms with Gasteiger partial charge in [0.15, 0.2) is 0 Å². The molecule has 0 bridgehead atoms. The van der Waals surface area contributed by atoms with Crippen molar-refractivity contribution >= 4 is 17.6 Å². The van der Waals surface area contributed by atoms with Gasteiger partial charge in [-0.05, 0) is 50.9 Å². The predicted octanol–water partition coefficient (Wildman–Crippen LogP) is 3.58. The molecule has 5 nitrogen and oxygen atoms in total. The summed E-state index contributed by atoms with van der Waals surface area (Å²) < 4.78 is 5.63. The van der Waals surface area contributed by atoms with Gasteiger partial charge in [-0.2, -0.15) is 0 Å². The number of hydrogen-bond acceptors (Lipinski definition) is 3. The van der Waals surface area contributed by atoms with Crippen LogP contribution in [0.1, 0.15) is 44.2 Å². The van der Waals surface area contributed by atoms with Crippen molar-refractivity contribution in [1.82, 2.24) is 15.5 Å². The van der Waals surface area contributed by atoms with Gasteiger partial charge >= 0.3 is 6.03 Å². The molecule has 2 heterocycles. The summed E-state index contributed by atoms with van der Waals surface area (Å²) in [7, 11) is 0. The second kappa shape index (κ2) is 8.77. The number of nitrogens with one attached hydrogen (secondary N) is 2. The van der Waals surface area contributed by atoms with Gasteiger partial charge in [-0.3, -0.25) is 0 Å². The predicted molar refractivity (Wildman–Crippen MR) is 100 cm³/mol. The van der Waals surface area contributed by atoms with Gasteiger partial charge in [0.1, 0.15) is 5.75 Å². The van der Waals surface area contributed by atoms with E-state index in [1.807, 2.05) is 18.2 Å². The Morgan fingerprint density at radius 2 is 2.12 bits per heavy atom. The van der Waals surface area contributed by atoms with Crippen LogP contribution in [0.2, 0.25) is 5.02 Å². The minimum absolute atomic E-state index is 0.0500. The lowest BCUT2D eigenvalue weighted by molar-refractivity contribution is 0.189. The fourth-order valence-electron chi connectivity index (χ4n) is 3.54. The molecule has 0 saturated carbocycles. The summed E-state index contributed by atoms with van der Waals surface area (Å²) in [6.45, 7) is 7.02. The van der Waals surface area contributed by atoms with Gasteiger partial charge in [0.05, 0.1) is 17.7 Å². The van der Waals surface area contributed by atoms with Crippen LogP contribution in [0.3, 0.4) is 0 Å². The van der Waals surface area contributed by atoms with E-state index in [2.05, 4.69) is 22.5 Å². The third-order valence-corrected chi connectivity index (χ3v) is 5.44. The molecular formula is C19H28ClN3O2. The number of rotatable bonds is 5. The summed E-state index contributed by atoms with van der Waals surface area (Å²) in [6, 6.07) is 5.49. The number of halogens is 1. The van der Waals surface area contributed by atoms with Crippen LogP contribution in [0.5, 0.6) is 5.75 Å². The van der Waals surface area contributed by atoms with Crippen LogP contribution in [0.25, 0.3) is 0 Å². The number of hydrogen-bond donors (Lipinski definition) is 2. The molecule has 2 aliphatic heterocycles. The Balaban J connectivity index is 1.39. The Labute approximate surface area is 155 Å². The summed E-state index contributed by atoms with van der Waals surface area (Å²) in [4.78, 5) is 14.7. The highest BCUT2D eigenvalue weighted by Crippen LogP contribution is 2.37. The maximum Gasteiger partial charge on any atom is 0.315 e. The van der Waals surface area contributed by atoms with Crippen molar-refractivity contribution in [2.45, 2.75) is 38.6 Å². The molecule has 0 aromatic heterocycles. The average Bonchev–Trinajstić information content (AvgIpc) is 2.61. The SMILES string of the molecule is CC1CCN(CCCNC(=O)N[C@H]2CCOc3c(Cl)cccc32)CC1. The topological polar surface area (TPSA) is 53.6 Å². The van der Waals surface area contributed by atoms with Crippen LogP contribution in [0, 0.1) is 5.92 Å². The summed E-state index contributed by atoms with van der Waals surface area (Å²) in [5.74, 6) is 1.55. The van der Waals surface area contributed by atoms with Gasteiger partial charge in [-0.1, -0.05) is 30.7 Å². The van der Waals surface area contributed by atoms with Crippen LogP contribution < -0.4 is 15.4 Å². The molecule has 0 aliphatic carbocycles. The molecule has 1 fully saturated rings. The lowest BCUT2D eigenvalue weighted by atomic mass is 9.99. The van der Waals surface area contributed by atoms with Crippen molar-refractivity contribution in [1.29, 1.82) is 0 Å². The third-order valence-electron chi connectivity index (χ3n) is 5.14. The van der Waals surface area contributed by atoms with E-state index >= 15 is 0 Å². The van der Waals surface area contributed by atoms with Gasteiger partial charge < -0.3 is 20.3 Å². The summed E-state index contributed by atoms with van der Waals surface area (Å²) in [5.41, 5.74) is 0.955. The fraction of sp³-hybridized carbons (Fsp3) is 0.632. The highest BCUT2D eigenvalue weighted by atomic mass is 35.5. The van der Waals surface area contributed by atoms with Crippen molar-refractivity contribution in [3.05, 3.63) is 28.8 Å². The molecule has 1 aromatic rings. The van der Waals surface area contributed by atoms with Crippen molar-refractivity contribution in [3.63, 3.8) is 0 Å². The first-order valence-electron chi connectivity index (χ1n) is 9.31. The van der Waals surface area contributed by atoms with Crippen molar-refractivity contribution in [3.8, 4) is 5.75 Å². The Bertz CT molecular complexity index is 588. The standard InChI is InChI=1S/C19H28ClN3O2/c1-14-6-11-23(12-7-14)10-3-9-21-19(24)22-17-8-13-25-18-15(17)4-2-5-16(18)20/h2,4-5,14,17H,3,6-13H2,1H3,(H2,21,22,24)/t17-/m0/s1. The molecule has 3 rings (SSSR count). The van der Waals surface area contributed by atoms with E-state index in [1.54, 1.807) is 0 Å². The van der Waals surface area contributed by atoms with Gasteiger partial charge in [0.2, 0.25) is 0 Å². The van der Waals surface area contributed by atoms with Gasteiger partial charge in [0.25, 0.3) is 0 Å². The highest BCUT2D eigenvalue weighted by molar-refractivity contribution is 6.32. The smallest absolute Gasteiger partial charge is 0.315 e. The molecule has 138 valence electrons. The van der Waals surface area contributed by atoms with E-state index < -0.39 is 0 Å². The molecule has 0 unspecified atom stereocenters. The molecule has 0 radical (unpaired) electrons. The number of piperidine rings is 1. The first-order chi connectivity index (χ1) is 12.1. The van der Waals surface area contributed by atoms with Crippen LogP contribution >= 0.6 is 11.6 Å². The first-order valence-corrected chi connectivity index (χ1v) is 9.69. The number of benzene rings is 1. The minimum atomic E-state index is -0.120. The monoisotopic (exact) mass is 365 g/mol. The minimum Gasteiger partial charge on any atom is -0.492 e. The Kier molecular flexibility index (Phi) is 6.43. The second-order valence-corrected chi connectivity index (χ2v) is 7.53. The number of carbonyl (C=O) groups is 1. The maximum absolute atomic E-state index is 12.2. The molecule has 2 aliphatic rings. The summed E-state index contributed by atoms with van der Waals surface area (Å²) >= 11 is 6.17. The van der Waals surface area contributed by atoms with E-state index in [4.69, 9.17) is 16.3 Å².